The molecule has 0 spiro atoms. The van der Waals surface area contributed by atoms with Gasteiger partial charge in [-0.15, -0.1) is 11.3 Å². The predicted molar refractivity (Wildman–Crippen MR) is 70.5 cm³/mol. The fraction of sp³-hybridized carbons (Fsp3) is 0.0909. The molecule has 0 saturated heterocycles. The first kappa shape index (κ1) is 10.2. The van der Waals surface area contributed by atoms with Crippen LogP contribution in [0.1, 0.15) is 5.69 Å². The number of aromatic nitrogens is 2. The van der Waals surface area contributed by atoms with Crippen LogP contribution in [0.15, 0.2) is 23.7 Å². The summed E-state index contributed by atoms with van der Waals surface area (Å²) < 4.78 is 5.34. The number of aryl methyl sites for hydroxylation is 1. The van der Waals surface area contributed by atoms with Crippen molar-refractivity contribution in [3.05, 3.63) is 34.4 Å². The van der Waals surface area contributed by atoms with Crippen molar-refractivity contribution in [3.63, 3.8) is 0 Å². The van der Waals surface area contributed by atoms with Gasteiger partial charge in [0.25, 0.3) is 0 Å². The van der Waals surface area contributed by atoms with Crippen molar-refractivity contribution >= 4 is 44.7 Å². The molecule has 0 saturated carbocycles. The molecule has 0 fully saturated rings. The zero-order valence-electron chi connectivity index (χ0n) is 8.40. The number of halogens is 1. The van der Waals surface area contributed by atoms with Gasteiger partial charge in [-0.3, -0.25) is 0 Å². The van der Waals surface area contributed by atoms with E-state index in [2.05, 4.69) is 15.4 Å². The van der Waals surface area contributed by atoms with E-state index in [4.69, 9.17) is 11.6 Å². The summed E-state index contributed by atoms with van der Waals surface area (Å²) in [5, 5.41) is 0.766. The summed E-state index contributed by atoms with van der Waals surface area (Å²) in [6.45, 7) is 1.99. The third-order valence-electron chi connectivity index (χ3n) is 2.33. The van der Waals surface area contributed by atoms with Crippen LogP contribution in [0.3, 0.4) is 0 Å². The van der Waals surface area contributed by atoms with Gasteiger partial charge in [0.15, 0.2) is 0 Å². The average Bonchev–Trinajstić information content (AvgIpc) is 2.87. The molecule has 2 heterocycles. The van der Waals surface area contributed by atoms with E-state index in [1.165, 1.54) is 11.5 Å². The van der Waals surface area contributed by atoms with Crippen LogP contribution in [-0.4, -0.2) is 9.36 Å². The Bertz CT molecular complexity index is 657. The largest absolute Gasteiger partial charge is 0.244 e. The van der Waals surface area contributed by atoms with Crippen molar-refractivity contribution in [2.24, 2.45) is 0 Å². The van der Waals surface area contributed by atoms with Gasteiger partial charge in [-0.25, -0.2) is 4.98 Å². The summed E-state index contributed by atoms with van der Waals surface area (Å²) in [5.74, 6) is 0. The van der Waals surface area contributed by atoms with Crippen molar-refractivity contribution in [2.45, 2.75) is 6.92 Å². The first-order valence-electron chi connectivity index (χ1n) is 4.71. The van der Waals surface area contributed by atoms with Crippen molar-refractivity contribution in [2.75, 3.05) is 0 Å². The molecule has 0 radical (unpaired) electrons. The molecule has 0 atom stereocenters. The molecule has 5 heteroatoms. The van der Waals surface area contributed by atoms with Crippen LogP contribution in [0.5, 0.6) is 0 Å². The minimum Gasteiger partial charge on any atom is -0.244 e. The van der Waals surface area contributed by atoms with Gasteiger partial charge >= 0.3 is 0 Å². The maximum absolute atomic E-state index is 6.12. The van der Waals surface area contributed by atoms with E-state index in [1.54, 1.807) is 11.3 Å². The Balaban J connectivity index is 2.32. The number of thiazole rings is 1. The number of benzene rings is 1. The van der Waals surface area contributed by atoms with Gasteiger partial charge in [-0.2, -0.15) is 4.37 Å². The lowest BCUT2D eigenvalue weighted by atomic mass is 10.1. The Kier molecular flexibility index (Phi) is 2.42. The lowest BCUT2D eigenvalue weighted by Crippen LogP contribution is -1.77. The summed E-state index contributed by atoms with van der Waals surface area (Å²) in [6, 6.07) is 6.01. The Morgan fingerprint density at radius 1 is 1.31 bits per heavy atom. The van der Waals surface area contributed by atoms with Crippen LogP contribution < -0.4 is 0 Å². The number of rotatable bonds is 1. The monoisotopic (exact) mass is 266 g/mol. The Labute approximate surface area is 106 Å². The molecule has 0 aliphatic heterocycles. The number of hydrogen-bond donors (Lipinski definition) is 0. The van der Waals surface area contributed by atoms with Crippen LogP contribution in [-0.2, 0) is 0 Å². The Morgan fingerprint density at radius 2 is 2.19 bits per heavy atom. The number of hydrogen-bond acceptors (Lipinski definition) is 4. The van der Waals surface area contributed by atoms with Gasteiger partial charge < -0.3 is 0 Å². The molecule has 0 bridgehead atoms. The first-order valence-corrected chi connectivity index (χ1v) is 6.74. The molecule has 0 aliphatic rings. The maximum Gasteiger partial charge on any atom is 0.0914 e. The van der Waals surface area contributed by atoms with E-state index >= 15 is 0 Å². The topological polar surface area (TPSA) is 25.8 Å². The molecule has 2 nitrogen and oxygen atoms in total. The van der Waals surface area contributed by atoms with Crippen LogP contribution in [0.25, 0.3) is 20.7 Å². The van der Waals surface area contributed by atoms with Gasteiger partial charge in [-0.1, -0.05) is 11.6 Å². The second-order valence-electron chi connectivity index (χ2n) is 3.46. The second kappa shape index (κ2) is 3.80. The molecule has 2 aromatic heterocycles. The van der Waals surface area contributed by atoms with Crippen LogP contribution in [0, 0.1) is 6.92 Å². The smallest absolute Gasteiger partial charge is 0.0914 e. The van der Waals surface area contributed by atoms with Crippen LogP contribution in [0.2, 0.25) is 5.02 Å². The molecule has 3 rings (SSSR count). The molecular weight excluding hydrogens is 260 g/mol. The molecule has 3 aromatic rings. The molecule has 0 aliphatic carbocycles. The van der Waals surface area contributed by atoms with Gasteiger partial charge in [0.05, 0.1) is 31.3 Å². The average molecular weight is 267 g/mol. The third kappa shape index (κ3) is 1.54. The zero-order valence-corrected chi connectivity index (χ0v) is 10.8. The molecular formula is C11H7ClN2S2. The van der Waals surface area contributed by atoms with Crippen LogP contribution >= 0.6 is 34.5 Å². The highest BCUT2D eigenvalue weighted by Crippen LogP contribution is 2.36. The standard InChI is InChI=1S/C11H7ClN2S2/c1-6-4-9(16-14-6)7-2-3-8(12)11-10(7)13-5-15-11/h2-5H,1H3. The lowest BCUT2D eigenvalue weighted by molar-refractivity contribution is 1.35. The van der Waals surface area contributed by atoms with E-state index in [-0.39, 0.29) is 0 Å². The van der Waals surface area contributed by atoms with Gasteiger partial charge in [0, 0.05) is 5.56 Å². The molecule has 0 unspecified atom stereocenters. The number of nitrogens with zero attached hydrogens (tertiary/aromatic N) is 2. The normalized spacial score (nSPS) is 11.1. The van der Waals surface area contributed by atoms with Crippen molar-refractivity contribution < 1.29 is 0 Å². The third-order valence-corrected chi connectivity index (χ3v) is 4.53. The Morgan fingerprint density at radius 3 is 2.94 bits per heavy atom. The highest BCUT2D eigenvalue weighted by Gasteiger charge is 2.11. The number of fused-ring (bicyclic) bond motifs is 1. The maximum atomic E-state index is 6.12. The van der Waals surface area contributed by atoms with E-state index in [0.29, 0.717) is 0 Å². The van der Waals surface area contributed by atoms with Gasteiger partial charge in [-0.05, 0) is 36.7 Å². The molecule has 16 heavy (non-hydrogen) atoms. The van der Waals surface area contributed by atoms with Gasteiger partial charge in [0.2, 0.25) is 0 Å². The molecule has 0 N–H and O–H groups in total. The minimum absolute atomic E-state index is 0.766. The summed E-state index contributed by atoms with van der Waals surface area (Å²) in [5.41, 5.74) is 4.96. The van der Waals surface area contributed by atoms with Crippen molar-refractivity contribution in [3.8, 4) is 10.4 Å². The van der Waals surface area contributed by atoms with E-state index < -0.39 is 0 Å². The van der Waals surface area contributed by atoms with E-state index in [9.17, 15) is 0 Å². The minimum atomic E-state index is 0.766. The molecule has 0 amide bonds. The predicted octanol–water partition coefficient (Wildman–Crippen LogP) is 4.38. The van der Waals surface area contributed by atoms with Crippen molar-refractivity contribution in [1.29, 1.82) is 0 Å². The zero-order chi connectivity index (χ0) is 11.1. The molecule has 1 aromatic carbocycles. The highest BCUT2D eigenvalue weighted by atomic mass is 35.5. The first-order chi connectivity index (χ1) is 7.75. The van der Waals surface area contributed by atoms with Crippen LogP contribution in [0.4, 0.5) is 0 Å². The highest BCUT2D eigenvalue weighted by molar-refractivity contribution is 7.17. The Hall–Kier alpha value is -0.970. The molecule has 80 valence electrons. The fourth-order valence-electron chi connectivity index (χ4n) is 1.61. The summed E-state index contributed by atoms with van der Waals surface area (Å²) in [6.07, 6.45) is 0. The summed E-state index contributed by atoms with van der Waals surface area (Å²) >= 11 is 9.19. The lowest BCUT2D eigenvalue weighted by Gasteiger charge is -1.99. The van der Waals surface area contributed by atoms with Crippen molar-refractivity contribution in [1.82, 2.24) is 9.36 Å². The summed E-state index contributed by atoms with van der Waals surface area (Å²) in [7, 11) is 0. The quantitative estimate of drug-likeness (QED) is 0.653. The van der Waals surface area contributed by atoms with E-state index in [0.717, 1.165) is 31.4 Å². The SMILES string of the molecule is Cc1cc(-c2ccc(Cl)c3scnc23)sn1. The summed E-state index contributed by atoms with van der Waals surface area (Å²) in [4.78, 5) is 5.52. The van der Waals surface area contributed by atoms with E-state index in [1.807, 2.05) is 24.6 Å². The second-order valence-corrected chi connectivity index (χ2v) is 5.52. The van der Waals surface area contributed by atoms with Gasteiger partial charge in [0.1, 0.15) is 0 Å². The fourth-order valence-corrected chi connectivity index (χ4v) is 3.39.